The molecule has 0 fully saturated rings. The lowest BCUT2D eigenvalue weighted by molar-refractivity contribution is -0.488. The molecule has 0 aromatic carbocycles. The third-order valence-electron chi connectivity index (χ3n) is 2.85. The fourth-order valence-electron chi connectivity index (χ4n) is 1.78. The van der Waals surface area contributed by atoms with Crippen molar-refractivity contribution in [3.05, 3.63) is 10.1 Å². The van der Waals surface area contributed by atoms with Gasteiger partial charge in [-0.05, 0) is 33.6 Å². The Balaban J connectivity index is 5.11. The van der Waals surface area contributed by atoms with E-state index >= 15 is 0 Å². The maximum absolute atomic E-state index is 12.1. The highest BCUT2D eigenvalue weighted by molar-refractivity contribution is 5.78. The molecule has 122 valence electrons. The summed E-state index contributed by atoms with van der Waals surface area (Å²) in [6, 6.07) is 0. The van der Waals surface area contributed by atoms with E-state index in [1.807, 2.05) is 13.8 Å². The number of hydrogen-bond acceptors (Lipinski definition) is 6. The lowest BCUT2D eigenvalue weighted by Crippen LogP contribution is -2.42. The summed E-state index contributed by atoms with van der Waals surface area (Å²) in [5, 5.41) is 10.8. The van der Waals surface area contributed by atoms with Gasteiger partial charge in [-0.15, -0.1) is 0 Å². The molecule has 0 radical (unpaired) electrons. The first kappa shape index (κ1) is 19.5. The van der Waals surface area contributed by atoms with Crippen molar-refractivity contribution in [2.45, 2.75) is 65.3 Å². The quantitative estimate of drug-likeness (QED) is 0.280. The van der Waals surface area contributed by atoms with Gasteiger partial charge in [0, 0.05) is 4.92 Å². The fourth-order valence-corrected chi connectivity index (χ4v) is 1.78. The van der Waals surface area contributed by atoms with Crippen molar-refractivity contribution in [3.63, 3.8) is 0 Å². The highest BCUT2D eigenvalue weighted by Gasteiger charge is 2.37. The molecule has 0 aliphatic heterocycles. The van der Waals surface area contributed by atoms with Crippen LogP contribution in [0.2, 0.25) is 0 Å². The Morgan fingerprint density at radius 2 is 1.81 bits per heavy atom. The Kier molecular flexibility index (Phi) is 8.09. The summed E-state index contributed by atoms with van der Waals surface area (Å²) in [7, 11) is 0. The number of aldehydes is 1. The summed E-state index contributed by atoms with van der Waals surface area (Å²) >= 11 is 0. The normalized spacial score (nSPS) is 14.6. The Labute approximate surface area is 125 Å². The van der Waals surface area contributed by atoms with E-state index in [9.17, 15) is 19.7 Å². The van der Waals surface area contributed by atoms with Gasteiger partial charge in [0.2, 0.25) is 6.54 Å². The SMILES string of the molecule is CCC(CC)O[C@H](C=O)[C@@H](C[N+](=O)[O-])C(=O)OC(C)(C)C. The number of rotatable bonds is 9. The van der Waals surface area contributed by atoms with Crippen molar-refractivity contribution >= 4 is 12.3 Å². The van der Waals surface area contributed by atoms with Crippen LogP contribution in [0.5, 0.6) is 0 Å². The molecule has 0 spiro atoms. The van der Waals surface area contributed by atoms with E-state index in [2.05, 4.69) is 0 Å². The van der Waals surface area contributed by atoms with Gasteiger partial charge in [0.15, 0.2) is 5.92 Å². The summed E-state index contributed by atoms with van der Waals surface area (Å²) in [6.07, 6.45) is 0.351. The van der Waals surface area contributed by atoms with E-state index in [4.69, 9.17) is 9.47 Å². The van der Waals surface area contributed by atoms with Crippen LogP contribution >= 0.6 is 0 Å². The minimum Gasteiger partial charge on any atom is -0.459 e. The van der Waals surface area contributed by atoms with Gasteiger partial charge in [0.05, 0.1) is 6.10 Å². The molecule has 0 N–H and O–H groups in total. The number of nitro groups is 1. The van der Waals surface area contributed by atoms with E-state index in [0.717, 1.165) is 0 Å². The average Bonchev–Trinajstić information content (AvgIpc) is 2.36. The topological polar surface area (TPSA) is 95.7 Å². The highest BCUT2D eigenvalue weighted by Crippen LogP contribution is 2.18. The summed E-state index contributed by atoms with van der Waals surface area (Å²) in [4.78, 5) is 33.4. The van der Waals surface area contributed by atoms with E-state index in [1.54, 1.807) is 20.8 Å². The van der Waals surface area contributed by atoms with Gasteiger partial charge < -0.3 is 14.3 Å². The van der Waals surface area contributed by atoms with Gasteiger partial charge in [-0.2, -0.15) is 0 Å². The van der Waals surface area contributed by atoms with Crippen LogP contribution in [0.4, 0.5) is 0 Å². The zero-order chi connectivity index (χ0) is 16.6. The second-order valence-corrected chi connectivity index (χ2v) is 5.83. The molecular weight excluding hydrogens is 278 g/mol. The van der Waals surface area contributed by atoms with Crippen LogP contribution in [0.15, 0.2) is 0 Å². The van der Waals surface area contributed by atoms with Crippen LogP contribution in [-0.2, 0) is 19.1 Å². The molecular formula is C14H25NO6. The summed E-state index contributed by atoms with van der Waals surface area (Å²) in [5.41, 5.74) is -0.783. The second kappa shape index (κ2) is 8.71. The number of ether oxygens (including phenoxy) is 2. The van der Waals surface area contributed by atoms with Gasteiger partial charge in [0.25, 0.3) is 0 Å². The second-order valence-electron chi connectivity index (χ2n) is 5.83. The molecule has 7 nitrogen and oxygen atoms in total. The molecule has 0 bridgehead atoms. The van der Waals surface area contributed by atoms with Crippen molar-refractivity contribution in [2.75, 3.05) is 6.54 Å². The molecule has 0 saturated carbocycles. The molecule has 0 aromatic rings. The zero-order valence-corrected chi connectivity index (χ0v) is 13.3. The molecule has 0 unspecified atom stereocenters. The lowest BCUT2D eigenvalue weighted by atomic mass is 10.0. The molecule has 0 heterocycles. The molecule has 21 heavy (non-hydrogen) atoms. The van der Waals surface area contributed by atoms with Gasteiger partial charge in [-0.25, -0.2) is 0 Å². The Morgan fingerprint density at radius 3 is 2.14 bits per heavy atom. The smallest absolute Gasteiger partial charge is 0.319 e. The Hall–Kier alpha value is -1.50. The van der Waals surface area contributed by atoms with Crippen molar-refractivity contribution in [2.24, 2.45) is 5.92 Å². The average molecular weight is 303 g/mol. The van der Waals surface area contributed by atoms with E-state index in [-0.39, 0.29) is 6.10 Å². The van der Waals surface area contributed by atoms with Crippen molar-refractivity contribution in [3.8, 4) is 0 Å². The highest BCUT2D eigenvalue weighted by atomic mass is 16.6. The monoisotopic (exact) mass is 303 g/mol. The third kappa shape index (κ3) is 7.75. The van der Waals surface area contributed by atoms with Crippen molar-refractivity contribution in [1.82, 2.24) is 0 Å². The fraction of sp³-hybridized carbons (Fsp3) is 0.857. The number of esters is 1. The first-order valence-electron chi connectivity index (χ1n) is 7.10. The number of carbonyl (C=O) groups is 2. The van der Waals surface area contributed by atoms with Crippen LogP contribution in [-0.4, -0.2) is 41.5 Å². The lowest BCUT2D eigenvalue weighted by Gasteiger charge is -2.26. The van der Waals surface area contributed by atoms with Crippen LogP contribution in [0.1, 0.15) is 47.5 Å². The van der Waals surface area contributed by atoms with Crippen LogP contribution < -0.4 is 0 Å². The van der Waals surface area contributed by atoms with Crippen LogP contribution in [0, 0.1) is 16.0 Å². The number of hydrogen-bond donors (Lipinski definition) is 0. The van der Waals surface area contributed by atoms with Gasteiger partial charge >= 0.3 is 5.97 Å². The van der Waals surface area contributed by atoms with E-state index in [1.165, 1.54) is 0 Å². The minimum absolute atomic E-state index is 0.225. The Bertz CT molecular complexity index is 359. The van der Waals surface area contributed by atoms with Crippen molar-refractivity contribution in [1.29, 1.82) is 0 Å². The van der Waals surface area contributed by atoms with E-state index in [0.29, 0.717) is 19.1 Å². The van der Waals surface area contributed by atoms with Crippen molar-refractivity contribution < 1.29 is 24.0 Å². The Morgan fingerprint density at radius 1 is 1.29 bits per heavy atom. The third-order valence-corrected chi connectivity index (χ3v) is 2.85. The van der Waals surface area contributed by atoms with Crippen LogP contribution in [0.3, 0.4) is 0 Å². The molecule has 0 aliphatic carbocycles. The maximum Gasteiger partial charge on any atom is 0.319 e. The maximum atomic E-state index is 12.1. The molecule has 0 amide bonds. The first-order valence-corrected chi connectivity index (χ1v) is 7.10. The van der Waals surface area contributed by atoms with Crippen LogP contribution in [0.25, 0.3) is 0 Å². The predicted molar refractivity (Wildman–Crippen MR) is 76.5 cm³/mol. The standard InChI is InChI=1S/C14H25NO6/c1-6-10(7-2)20-12(9-16)11(8-15(18)19)13(17)21-14(3,4)5/h9-12H,6-8H2,1-5H3/t11-,12-/m1/s1. The van der Waals surface area contributed by atoms with Gasteiger partial charge in [-0.1, -0.05) is 13.8 Å². The minimum atomic E-state index is -1.24. The summed E-state index contributed by atoms with van der Waals surface area (Å²) in [5.74, 6) is -2.03. The van der Waals surface area contributed by atoms with Gasteiger partial charge in [0.1, 0.15) is 18.0 Å². The van der Waals surface area contributed by atoms with E-state index < -0.39 is 35.1 Å². The predicted octanol–water partition coefficient (Wildman–Crippen LogP) is 1.99. The largest absolute Gasteiger partial charge is 0.459 e. The number of nitrogens with zero attached hydrogens (tertiary/aromatic N) is 1. The zero-order valence-electron chi connectivity index (χ0n) is 13.3. The molecule has 0 rings (SSSR count). The molecule has 0 saturated heterocycles. The summed E-state index contributed by atoms with van der Waals surface area (Å²) in [6.45, 7) is 8.04. The summed E-state index contributed by atoms with van der Waals surface area (Å²) < 4.78 is 10.7. The molecule has 2 atom stereocenters. The molecule has 7 heteroatoms. The van der Waals surface area contributed by atoms with Gasteiger partial charge in [-0.3, -0.25) is 14.9 Å². The first-order chi connectivity index (χ1) is 9.64. The molecule has 0 aromatic heterocycles. The number of carbonyl (C=O) groups excluding carboxylic acids is 2. The molecule has 0 aliphatic rings.